The summed E-state index contributed by atoms with van der Waals surface area (Å²) in [5.41, 5.74) is 2.23. The number of hydrogen-bond donors (Lipinski definition) is 1. The van der Waals surface area contributed by atoms with E-state index in [1.54, 1.807) is 7.11 Å². The van der Waals surface area contributed by atoms with Crippen LogP contribution in [0.4, 0.5) is 0 Å². The molecule has 0 radical (unpaired) electrons. The van der Waals surface area contributed by atoms with E-state index in [9.17, 15) is 4.79 Å². The fraction of sp³-hybridized carbons (Fsp3) is 0.409. The van der Waals surface area contributed by atoms with Crippen LogP contribution in [0.2, 0.25) is 0 Å². The molecule has 0 unspecified atom stereocenters. The Morgan fingerprint density at radius 2 is 2.00 bits per heavy atom. The average molecular weight is 447 g/mol. The fourth-order valence-electron chi connectivity index (χ4n) is 3.31. The maximum absolute atomic E-state index is 11.6. The number of benzene rings is 2. The quantitative estimate of drug-likeness (QED) is 0.557. The second kappa shape index (κ2) is 10.5. The number of rotatable bonds is 10. The molecule has 1 amide bonds. The van der Waals surface area contributed by atoms with Crippen LogP contribution in [0.15, 0.2) is 46.9 Å². The van der Waals surface area contributed by atoms with E-state index in [0.717, 1.165) is 54.6 Å². The first-order valence-corrected chi connectivity index (χ1v) is 10.5. The van der Waals surface area contributed by atoms with Crippen molar-refractivity contribution in [3.63, 3.8) is 0 Å². The largest absolute Gasteiger partial charge is 0.493 e. The summed E-state index contributed by atoms with van der Waals surface area (Å²) in [4.78, 5) is 13.6. The van der Waals surface area contributed by atoms with E-state index < -0.39 is 0 Å². The van der Waals surface area contributed by atoms with Crippen molar-refractivity contribution >= 4 is 21.8 Å². The minimum absolute atomic E-state index is 0.291. The van der Waals surface area contributed by atoms with Gasteiger partial charge in [0.05, 0.1) is 11.6 Å². The number of carbonyl (C=O) groups is 1. The van der Waals surface area contributed by atoms with Crippen molar-refractivity contribution < 1.29 is 14.3 Å². The van der Waals surface area contributed by atoms with Gasteiger partial charge in [0.1, 0.15) is 6.61 Å². The maximum Gasteiger partial charge on any atom is 0.222 e. The summed E-state index contributed by atoms with van der Waals surface area (Å²) in [5, 5.41) is 3.44. The van der Waals surface area contributed by atoms with E-state index in [-0.39, 0.29) is 0 Å². The van der Waals surface area contributed by atoms with Crippen molar-refractivity contribution in [2.24, 2.45) is 0 Å². The highest BCUT2D eigenvalue weighted by Gasteiger charge is 2.19. The number of carbonyl (C=O) groups excluding carboxylic acids is 1. The predicted octanol–water partition coefficient (Wildman–Crippen LogP) is 4.14. The Labute approximate surface area is 175 Å². The van der Waals surface area contributed by atoms with Gasteiger partial charge in [-0.15, -0.1) is 0 Å². The Morgan fingerprint density at radius 1 is 1.18 bits per heavy atom. The monoisotopic (exact) mass is 446 g/mol. The lowest BCUT2D eigenvalue weighted by Crippen LogP contribution is -2.28. The van der Waals surface area contributed by atoms with Gasteiger partial charge in [0.2, 0.25) is 5.91 Å². The molecule has 2 aromatic carbocycles. The van der Waals surface area contributed by atoms with Gasteiger partial charge < -0.3 is 19.7 Å². The highest BCUT2D eigenvalue weighted by atomic mass is 79.9. The Balaban J connectivity index is 1.50. The Bertz CT molecular complexity index is 783. The molecular formula is C22H27BrN2O3. The molecule has 28 heavy (non-hydrogen) atoms. The van der Waals surface area contributed by atoms with Crippen molar-refractivity contribution in [2.45, 2.75) is 32.4 Å². The molecule has 3 rings (SSSR count). The molecular weight excluding hydrogens is 420 g/mol. The van der Waals surface area contributed by atoms with Crippen molar-refractivity contribution in [1.82, 2.24) is 10.2 Å². The molecule has 1 saturated heterocycles. The van der Waals surface area contributed by atoms with Gasteiger partial charge in [0.15, 0.2) is 11.5 Å². The van der Waals surface area contributed by atoms with Crippen LogP contribution in [-0.4, -0.2) is 37.6 Å². The zero-order chi connectivity index (χ0) is 19.8. The van der Waals surface area contributed by atoms with Gasteiger partial charge in [-0.2, -0.15) is 0 Å². The Kier molecular flexibility index (Phi) is 7.74. The second-order valence-corrected chi connectivity index (χ2v) is 7.75. The zero-order valence-corrected chi connectivity index (χ0v) is 17.8. The topological polar surface area (TPSA) is 50.8 Å². The van der Waals surface area contributed by atoms with E-state index in [1.807, 2.05) is 41.3 Å². The van der Waals surface area contributed by atoms with Crippen LogP contribution >= 0.6 is 15.9 Å². The van der Waals surface area contributed by atoms with Gasteiger partial charge >= 0.3 is 0 Å². The molecule has 0 atom stereocenters. The highest BCUT2D eigenvalue weighted by molar-refractivity contribution is 9.10. The highest BCUT2D eigenvalue weighted by Crippen LogP contribution is 2.37. The van der Waals surface area contributed by atoms with Gasteiger partial charge in [-0.1, -0.05) is 30.3 Å². The molecule has 6 heteroatoms. The van der Waals surface area contributed by atoms with Crippen LogP contribution in [0.1, 0.15) is 30.4 Å². The third-order valence-electron chi connectivity index (χ3n) is 4.80. The number of halogens is 1. The summed E-state index contributed by atoms with van der Waals surface area (Å²) in [7, 11) is 1.65. The lowest BCUT2D eigenvalue weighted by atomic mass is 10.2. The van der Waals surface area contributed by atoms with E-state index in [1.165, 1.54) is 0 Å². The van der Waals surface area contributed by atoms with Gasteiger partial charge in [0, 0.05) is 26.1 Å². The molecule has 2 aromatic rings. The summed E-state index contributed by atoms with van der Waals surface area (Å²) in [6.45, 7) is 3.85. The predicted molar refractivity (Wildman–Crippen MR) is 114 cm³/mol. The minimum atomic E-state index is 0.291. The van der Waals surface area contributed by atoms with Gasteiger partial charge in [-0.25, -0.2) is 0 Å². The number of amides is 1. The normalized spacial score (nSPS) is 13.8. The number of methoxy groups -OCH3 is 1. The summed E-state index contributed by atoms with van der Waals surface area (Å²) in [6.07, 6.45) is 2.67. The van der Waals surface area contributed by atoms with Crippen LogP contribution in [0.5, 0.6) is 11.5 Å². The SMILES string of the molecule is COc1cc(CNCCCN2CCCC2=O)cc(Br)c1OCc1ccccc1. The molecule has 1 fully saturated rings. The van der Waals surface area contributed by atoms with E-state index in [2.05, 4.69) is 27.3 Å². The van der Waals surface area contributed by atoms with Crippen LogP contribution in [-0.2, 0) is 17.9 Å². The summed E-state index contributed by atoms with van der Waals surface area (Å²) < 4.78 is 12.4. The van der Waals surface area contributed by atoms with E-state index in [0.29, 0.717) is 30.4 Å². The number of nitrogens with zero attached hydrogens (tertiary/aromatic N) is 1. The summed E-state index contributed by atoms with van der Waals surface area (Å²) in [6, 6.07) is 14.1. The van der Waals surface area contributed by atoms with E-state index >= 15 is 0 Å². The average Bonchev–Trinajstić information content (AvgIpc) is 3.12. The number of nitrogens with one attached hydrogen (secondary N) is 1. The minimum Gasteiger partial charge on any atom is -0.493 e. The molecule has 150 valence electrons. The van der Waals surface area contributed by atoms with Crippen molar-refractivity contribution in [2.75, 3.05) is 26.7 Å². The second-order valence-electron chi connectivity index (χ2n) is 6.90. The number of ether oxygens (including phenoxy) is 2. The summed E-state index contributed by atoms with van der Waals surface area (Å²) >= 11 is 3.61. The molecule has 1 aliphatic rings. The molecule has 0 aromatic heterocycles. The maximum atomic E-state index is 11.6. The van der Waals surface area contributed by atoms with Crippen molar-refractivity contribution in [1.29, 1.82) is 0 Å². The lowest BCUT2D eigenvalue weighted by Gasteiger charge is -2.16. The first-order chi connectivity index (χ1) is 13.7. The fourth-order valence-corrected chi connectivity index (χ4v) is 3.92. The molecule has 1 N–H and O–H groups in total. The molecule has 5 nitrogen and oxygen atoms in total. The molecule has 0 aliphatic carbocycles. The Hall–Kier alpha value is -2.05. The first kappa shape index (κ1) is 20.7. The Morgan fingerprint density at radius 3 is 2.71 bits per heavy atom. The molecule has 0 bridgehead atoms. The van der Waals surface area contributed by atoms with Gasteiger partial charge in [0.25, 0.3) is 0 Å². The molecule has 0 saturated carbocycles. The number of hydrogen-bond acceptors (Lipinski definition) is 4. The van der Waals surface area contributed by atoms with Crippen molar-refractivity contribution in [3.05, 3.63) is 58.1 Å². The van der Waals surface area contributed by atoms with Crippen LogP contribution in [0, 0.1) is 0 Å². The zero-order valence-electron chi connectivity index (χ0n) is 16.2. The molecule has 1 aliphatic heterocycles. The van der Waals surface area contributed by atoms with Crippen LogP contribution < -0.4 is 14.8 Å². The smallest absolute Gasteiger partial charge is 0.222 e. The first-order valence-electron chi connectivity index (χ1n) is 9.69. The summed E-state index contributed by atoms with van der Waals surface area (Å²) in [5.74, 6) is 1.71. The van der Waals surface area contributed by atoms with Gasteiger partial charge in [-0.3, -0.25) is 4.79 Å². The lowest BCUT2D eigenvalue weighted by molar-refractivity contribution is -0.127. The van der Waals surface area contributed by atoms with Crippen molar-refractivity contribution in [3.8, 4) is 11.5 Å². The third-order valence-corrected chi connectivity index (χ3v) is 5.39. The van der Waals surface area contributed by atoms with E-state index in [4.69, 9.17) is 9.47 Å². The van der Waals surface area contributed by atoms with Crippen LogP contribution in [0.3, 0.4) is 0 Å². The van der Waals surface area contributed by atoms with Crippen LogP contribution in [0.25, 0.3) is 0 Å². The third kappa shape index (κ3) is 5.72. The van der Waals surface area contributed by atoms with Gasteiger partial charge in [-0.05, 0) is 58.6 Å². The molecule has 1 heterocycles. The molecule has 0 spiro atoms. The number of likely N-dealkylation sites (tertiary alicyclic amines) is 1. The standard InChI is InChI=1S/C22H27BrN2O3/c1-27-20-14-18(15-24-10-6-12-25-11-5-9-21(25)26)13-19(23)22(20)28-16-17-7-3-2-4-8-17/h2-4,7-8,13-14,24H,5-6,9-12,15-16H2,1H3.